The van der Waals surface area contributed by atoms with Gasteiger partial charge in [0.15, 0.2) is 0 Å². The Morgan fingerprint density at radius 3 is 2.53 bits per heavy atom. The molecule has 152 valence electrons. The van der Waals surface area contributed by atoms with Crippen molar-refractivity contribution in [3.8, 4) is 11.8 Å². The number of nitriles is 1. The van der Waals surface area contributed by atoms with Crippen LogP contribution < -0.4 is 5.32 Å². The van der Waals surface area contributed by atoms with Gasteiger partial charge in [-0.2, -0.15) is 5.26 Å². The van der Waals surface area contributed by atoms with Crippen LogP contribution in [0.1, 0.15) is 33.6 Å². The summed E-state index contributed by atoms with van der Waals surface area (Å²) in [5.41, 5.74) is 7.67. The van der Waals surface area contributed by atoms with E-state index in [1.165, 1.54) is 5.56 Å². The van der Waals surface area contributed by atoms with Crippen LogP contribution in [-0.4, -0.2) is 10.5 Å². The first kappa shape index (κ1) is 21.4. The lowest BCUT2D eigenvalue weighted by atomic mass is 10.1. The maximum Gasteiger partial charge on any atom is 0.266 e. The largest absolute Gasteiger partial charge is 0.321 e. The van der Waals surface area contributed by atoms with Crippen LogP contribution in [0.5, 0.6) is 0 Å². The molecule has 3 rings (SSSR count). The molecule has 0 aliphatic carbocycles. The Morgan fingerprint density at radius 1 is 1.10 bits per heavy atom. The molecule has 2 aromatic carbocycles. The second kappa shape index (κ2) is 8.61. The number of nitrogens with zero attached hydrogens (tertiary/aromatic N) is 2. The standard InChI is InChI=1S/C25H24ClN3O/c1-15-9-10-16(2)24(11-15)29-17(3)12-20(19(29)5)13-21(14-27)25(30)28-23-8-6-7-22(26)18(23)4/h6-13H,1-5H3,(H,28,30)/b21-13-. The van der Waals surface area contributed by atoms with Crippen LogP contribution in [-0.2, 0) is 4.79 Å². The zero-order chi connectivity index (χ0) is 22.0. The van der Waals surface area contributed by atoms with E-state index in [1.807, 2.05) is 32.9 Å². The van der Waals surface area contributed by atoms with Crippen molar-refractivity contribution in [2.45, 2.75) is 34.6 Å². The van der Waals surface area contributed by atoms with Crippen LogP contribution in [0.3, 0.4) is 0 Å². The minimum atomic E-state index is -0.459. The third-order valence-electron chi connectivity index (χ3n) is 5.26. The molecule has 0 saturated carbocycles. The monoisotopic (exact) mass is 417 g/mol. The topological polar surface area (TPSA) is 57.8 Å². The highest BCUT2D eigenvalue weighted by molar-refractivity contribution is 6.31. The quantitative estimate of drug-likeness (QED) is 0.404. The van der Waals surface area contributed by atoms with Crippen LogP contribution in [0.25, 0.3) is 11.8 Å². The highest BCUT2D eigenvalue weighted by Crippen LogP contribution is 2.27. The minimum Gasteiger partial charge on any atom is -0.321 e. The zero-order valence-corrected chi connectivity index (χ0v) is 18.6. The molecule has 0 atom stereocenters. The van der Waals surface area contributed by atoms with Gasteiger partial charge in [-0.15, -0.1) is 0 Å². The van der Waals surface area contributed by atoms with Crippen LogP contribution in [0.2, 0.25) is 5.02 Å². The Morgan fingerprint density at radius 2 is 1.83 bits per heavy atom. The summed E-state index contributed by atoms with van der Waals surface area (Å²) in [6.45, 7) is 9.98. The predicted molar refractivity (Wildman–Crippen MR) is 123 cm³/mol. The molecule has 0 radical (unpaired) electrons. The fraction of sp³-hybridized carbons (Fsp3) is 0.200. The normalized spacial score (nSPS) is 11.3. The Bertz CT molecular complexity index is 1210. The number of aromatic nitrogens is 1. The van der Waals surface area contributed by atoms with E-state index in [-0.39, 0.29) is 5.57 Å². The summed E-state index contributed by atoms with van der Waals surface area (Å²) < 4.78 is 2.15. The van der Waals surface area contributed by atoms with E-state index in [1.54, 1.807) is 24.3 Å². The van der Waals surface area contributed by atoms with Gasteiger partial charge in [-0.05, 0) is 87.2 Å². The molecule has 0 aliphatic heterocycles. The van der Waals surface area contributed by atoms with Gasteiger partial charge in [0.05, 0.1) is 0 Å². The molecular formula is C25H24ClN3O. The fourth-order valence-electron chi connectivity index (χ4n) is 3.50. The summed E-state index contributed by atoms with van der Waals surface area (Å²) in [5, 5.41) is 13.0. The number of halogens is 1. The van der Waals surface area contributed by atoms with Gasteiger partial charge >= 0.3 is 0 Å². The van der Waals surface area contributed by atoms with Crippen LogP contribution in [0, 0.1) is 45.9 Å². The average Bonchev–Trinajstić information content (AvgIpc) is 2.98. The molecule has 4 nitrogen and oxygen atoms in total. The summed E-state index contributed by atoms with van der Waals surface area (Å²) in [6.07, 6.45) is 1.64. The van der Waals surface area contributed by atoms with Crippen molar-refractivity contribution >= 4 is 29.3 Å². The molecule has 0 bridgehead atoms. The summed E-state index contributed by atoms with van der Waals surface area (Å²) in [6, 6.07) is 15.6. The molecule has 5 heteroatoms. The first-order valence-corrected chi connectivity index (χ1v) is 10.1. The SMILES string of the molecule is Cc1ccc(C)c(-n2c(C)cc(/C=C(/C#N)C(=O)Nc3cccc(Cl)c3C)c2C)c1. The van der Waals surface area contributed by atoms with Crippen molar-refractivity contribution in [2.24, 2.45) is 0 Å². The number of benzene rings is 2. The van der Waals surface area contributed by atoms with E-state index in [9.17, 15) is 10.1 Å². The minimum absolute atomic E-state index is 0.0376. The third-order valence-corrected chi connectivity index (χ3v) is 5.67. The number of amides is 1. The summed E-state index contributed by atoms with van der Waals surface area (Å²) in [4.78, 5) is 12.7. The van der Waals surface area contributed by atoms with E-state index in [0.29, 0.717) is 10.7 Å². The van der Waals surface area contributed by atoms with E-state index in [2.05, 4.69) is 41.9 Å². The molecule has 1 amide bonds. The molecule has 1 N–H and O–H groups in total. The molecule has 0 aliphatic rings. The molecule has 0 unspecified atom stereocenters. The molecule has 0 saturated heterocycles. The second-order valence-corrected chi connectivity index (χ2v) is 7.90. The molecule has 1 aromatic heterocycles. The molecule has 3 aromatic rings. The maximum absolute atomic E-state index is 12.7. The van der Waals surface area contributed by atoms with Crippen molar-refractivity contribution < 1.29 is 4.79 Å². The predicted octanol–water partition coefficient (Wildman–Crippen LogP) is 6.22. The summed E-state index contributed by atoms with van der Waals surface area (Å²) in [5.74, 6) is -0.459. The Labute approximate surface area is 182 Å². The first-order valence-electron chi connectivity index (χ1n) is 9.67. The highest BCUT2D eigenvalue weighted by Gasteiger charge is 2.16. The lowest BCUT2D eigenvalue weighted by Gasteiger charge is -2.13. The van der Waals surface area contributed by atoms with Gasteiger partial charge in [-0.25, -0.2) is 0 Å². The van der Waals surface area contributed by atoms with Gasteiger partial charge < -0.3 is 9.88 Å². The highest BCUT2D eigenvalue weighted by atomic mass is 35.5. The Balaban J connectivity index is 1.99. The summed E-state index contributed by atoms with van der Waals surface area (Å²) >= 11 is 6.13. The number of carbonyl (C=O) groups is 1. The van der Waals surface area contributed by atoms with E-state index < -0.39 is 5.91 Å². The van der Waals surface area contributed by atoms with Gasteiger partial charge in [0, 0.05) is 27.8 Å². The zero-order valence-electron chi connectivity index (χ0n) is 17.8. The van der Waals surface area contributed by atoms with E-state index in [0.717, 1.165) is 33.8 Å². The second-order valence-electron chi connectivity index (χ2n) is 7.49. The van der Waals surface area contributed by atoms with Crippen LogP contribution in [0.4, 0.5) is 5.69 Å². The molecule has 0 fully saturated rings. The van der Waals surface area contributed by atoms with E-state index in [4.69, 9.17) is 11.6 Å². The van der Waals surface area contributed by atoms with Crippen molar-refractivity contribution in [3.63, 3.8) is 0 Å². The molecule has 0 spiro atoms. The summed E-state index contributed by atoms with van der Waals surface area (Å²) in [7, 11) is 0. The van der Waals surface area contributed by atoms with Gasteiger partial charge in [0.2, 0.25) is 0 Å². The van der Waals surface area contributed by atoms with Gasteiger partial charge in [-0.1, -0.05) is 29.8 Å². The lowest BCUT2D eigenvalue weighted by Crippen LogP contribution is -2.14. The van der Waals surface area contributed by atoms with Crippen molar-refractivity contribution in [2.75, 3.05) is 5.32 Å². The van der Waals surface area contributed by atoms with E-state index >= 15 is 0 Å². The number of rotatable bonds is 4. The maximum atomic E-state index is 12.7. The van der Waals surface area contributed by atoms with Crippen molar-refractivity contribution in [1.29, 1.82) is 5.26 Å². The number of hydrogen-bond donors (Lipinski definition) is 1. The number of carbonyl (C=O) groups excluding carboxylic acids is 1. The number of aryl methyl sites for hydroxylation is 3. The first-order chi connectivity index (χ1) is 14.2. The molecule has 30 heavy (non-hydrogen) atoms. The lowest BCUT2D eigenvalue weighted by molar-refractivity contribution is -0.112. The molecule has 1 heterocycles. The smallest absolute Gasteiger partial charge is 0.266 e. The average molecular weight is 418 g/mol. The third kappa shape index (κ3) is 4.17. The Hall–Kier alpha value is -3.29. The number of hydrogen-bond acceptors (Lipinski definition) is 2. The molecular weight excluding hydrogens is 394 g/mol. The van der Waals surface area contributed by atoms with Crippen LogP contribution in [0.15, 0.2) is 48.0 Å². The van der Waals surface area contributed by atoms with Gasteiger partial charge in [0.1, 0.15) is 11.6 Å². The van der Waals surface area contributed by atoms with Gasteiger partial charge in [-0.3, -0.25) is 4.79 Å². The van der Waals surface area contributed by atoms with Crippen molar-refractivity contribution in [3.05, 3.63) is 86.7 Å². The number of nitrogens with one attached hydrogen (secondary N) is 1. The Kier molecular flexibility index (Phi) is 6.14. The van der Waals surface area contributed by atoms with Gasteiger partial charge in [0.25, 0.3) is 5.91 Å². The number of anilines is 1. The van der Waals surface area contributed by atoms with Crippen LogP contribution >= 0.6 is 11.6 Å². The fourth-order valence-corrected chi connectivity index (χ4v) is 3.68. The van der Waals surface area contributed by atoms with Crippen molar-refractivity contribution in [1.82, 2.24) is 4.57 Å².